The van der Waals surface area contributed by atoms with Crippen LogP contribution in [0.25, 0.3) is 0 Å². The molecule has 3 rings (SSSR count). The molecule has 0 amide bonds. The first kappa shape index (κ1) is 17.2. The lowest BCUT2D eigenvalue weighted by atomic mass is 10.1. The summed E-state index contributed by atoms with van der Waals surface area (Å²) in [6.07, 6.45) is -0.132. The molecule has 1 aromatic carbocycles. The average molecular weight is 354 g/mol. The van der Waals surface area contributed by atoms with Crippen LogP contribution in [0.1, 0.15) is 0 Å². The van der Waals surface area contributed by atoms with Crippen molar-refractivity contribution in [2.45, 2.75) is 24.4 Å². The van der Waals surface area contributed by atoms with E-state index in [4.69, 9.17) is 35.9 Å². The smallest absolute Gasteiger partial charge is 0.171 e. The molecule has 4 atom stereocenters. The number of benzene rings is 1. The van der Waals surface area contributed by atoms with Crippen LogP contribution in [0.2, 0.25) is 0 Å². The Balaban J connectivity index is 1.60. The summed E-state index contributed by atoms with van der Waals surface area (Å²) in [4.78, 5) is 0. The second-order valence-electron chi connectivity index (χ2n) is 5.68. The van der Waals surface area contributed by atoms with Crippen LogP contribution in [0, 0.1) is 0 Å². The molecule has 7 nitrogen and oxygen atoms in total. The lowest BCUT2D eigenvalue weighted by Gasteiger charge is -2.20. The molecular formula is C16H22N2O5S. The number of fused-ring (bicyclic) bond motifs is 1. The highest BCUT2D eigenvalue weighted by Crippen LogP contribution is 2.29. The lowest BCUT2D eigenvalue weighted by molar-refractivity contribution is -0.00798. The highest BCUT2D eigenvalue weighted by atomic mass is 32.1. The molecule has 8 heteroatoms. The van der Waals surface area contributed by atoms with Gasteiger partial charge in [-0.25, -0.2) is 0 Å². The second kappa shape index (κ2) is 7.52. The first-order chi connectivity index (χ1) is 11.6. The summed E-state index contributed by atoms with van der Waals surface area (Å²) in [5.41, 5.74) is 0.779. The number of hydrogen-bond donors (Lipinski definition) is 2. The average Bonchev–Trinajstić information content (AvgIpc) is 3.17. The van der Waals surface area contributed by atoms with Gasteiger partial charge < -0.3 is 34.3 Å². The fourth-order valence-corrected chi connectivity index (χ4v) is 3.27. The number of methoxy groups -OCH3 is 3. The van der Waals surface area contributed by atoms with E-state index in [9.17, 15) is 0 Å². The van der Waals surface area contributed by atoms with E-state index in [0.717, 1.165) is 5.69 Å². The Morgan fingerprint density at radius 1 is 1.04 bits per heavy atom. The molecule has 0 radical (unpaired) electrons. The van der Waals surface area contributed by atoms with Gasteiger partial charge in [-0.2, -0.15) is 0 Å². The summed E-state index contributed by atoms with van der Waals surface area (Å²) < 4.78 is 27.4. The predicted octanol–water partition coefficient (Wildman–Crippen LogP) is 1.17. The molecular weight excluding hydrogens is 332 g/mol. The van der Waals surface area contributed by atoms with E-state index in [1.54, 1.807) is 27.4 Å². The van der Waals surface area contributed by atoms with Gasteiger partial charge in [0.05, 0.1) is 33.5 Å². The van der Waals surface area contributed by atoms with Crippen LogP contribution in [-0.2, 0) is 14.2 Å². The summed E-state index contributed by atoms with van der Waals surface area (Å²) in [6, 6.07) is 5.48. The van der Waals surface area contributed by atoms with Gasteiger partial charge in [0.15, 0.2) is 5.11 Å². The molecule has 0 bridgehead atoms. The number of hydrogen-bond acceptors (Lipinski definition) is 6. The fraction of sp³-hybridized carbons (Fsp3) is 0.562. The molecule has 0 saturated carbocycles. The monoisotopic (exact) mass is 354 g/mol. The van der Waals surface area contributed by atoms with Crippen molar-refractivity contribution in [3.05, 3.63) is 18.2 Å². The zero-order valence-electron chi connectivity index (χ0n) is 13.9. The summed E-state index contributed by atoms with van der Waals surface area (Å²) in [5.74, 6) is 1.37. The molecule has 0 unspecified atom stereocenters. The first-order valence-electron chi connectivity index (χ1n) is 7.71. The molecule has 0 spiro atoms. The first-order valence-corrected chi connectivity index (χ1v) is 8.12. The third-order valence-corrected chi connectivity index (χ3v) is 4.46. The molecule has 2 fully saturated rings. The topological polar surface area (TPSA) is 70.2 Å². The minimum absolute atomic E-state index is 0.0114. The van der Waals surface area contributed by atoms with Crippen molar-refractivity contribution >= 4 is 23.0 Å². The van der Waals surface area contributed by atoms with Gasteiger partial charge in [0.2, 0.25) is 0 Å². The molecule has 2 aliphatic heterocycles. The quantitative estimate of drug-likeness (QED) is 0.764. The van der Waals surface area contributed by atoms with Crippen LogP contribution in [0.5, 0.6) is 11.5 Å². The van der Waals surface area contributed by atoms with E-state index in [2.05, 4.69) is 10.6 Å². The van der Waals surface area contributed by atoms with Crippen molar-refractivity contribution < 1.29 is 23.7 Å². The second-order valence-corrected chi connectivity index (χ2v) is 6.08. The van der Waals surface area contributed by atoms with Gasteiger partial charge in [-0.05, 0) is 12.2 Å². The molecule has 0 aliphatic carbocycles. The molecule has 2 saturated heterocycles. The van der Waals surface area contributed by atoms with E-state index < -0.39 is 0 Å². The van der Waals surface area contributed by atoms with Crippen LogP contribution in [0.3, 0.4) is 0 Å². The Morgan fingerprint density at radius 2 is 1.71 bits per heavy atom. The summed E-state index contributed by atoms with van der Waals surface area (Å²) in [6.45, 7) is 1.07. The number of anilines is 1. The molecule has 2 aliphatic rings. The zero-order valence-corrected chi connectivity index (χ0v) is 14.7. The minimum Gasteiger partial charge on any atom is -0.497 e. The molecule has 2 heterocycles. The Kier molecular flexibility index (Phi) is 5.40. The normalized spacial score (nSPS) is 28.3. The largest absolute Gasteiger partial charge is 0.497 e. The summed E-state index contributed by atoms with van der Waals surface area (Å²) >= 11 is 5.40. The van der Waals surface area contributed by atoms with E-state index in [-0.39, 0.29) is 24.4 Å². The van der Waals surface area contributed by atoms with E-state index >= 15 is 0 Å². The maximum Gasteiger partial charge on any atom is 0.171 e. The van der Waals surface area contributed by atoms with E-state index in [1.165, 1.54) is 0 Å². The molecule has 0 aromatic heterocycles. The van der Waals surface area contributed by atoms with Crippen molar-refractivity contribution in [1.82, 2.24) is 5.32 Å². The number of rotatable bonds is 5. The molecule has 132 valence electrons. The highest BCUT2D eigenvalue weighted by Gasteiger charge is 2.48. The van der Waals surface area contributed by atoms with Crippen molar-refractivity contribution in [3.63, 3.8) is 0 Å². The van der Waals surface area contributed by atoms with Gasteiger partial charge in [-0.1, -0.05) is 0 Å². The standard InChI is InChI=1S/C16H22N2O5S/c1-19-10-4-9(5-11(6-10)20-2)17-16(24)18-12-7-22-15-13(21-3)8-23-14(12)15/h4-6,12-15H,7-8H2,1-3H3,(H2,17,18,24)/t12-,13-,14-,15+/m1/s1. The SMILES string of the molecule is COc1cc(NC(=S)N[C@@H]2CO[C@@H]3[C@@H]2OC[C@H]3OC)cc(OC)c1. The van der Waals surface area contributed by atoms with Gasteiger partial charge in [0.1, 0.15) is 29.8 Å². The van der Waals surface area contributed by atoms with Gasteiger partial charge in [0, 0.05) is 31.0 Å². The van der Waals surface area contributed by atoms with Crippen LogP contribution < -0.4 is 20.1 Å². The zero-order chi connectivity index (χ0) is 17.1. The Morgan fingerprint density at radius 3 is 2.33 bits per heavy atom. The molecule has 1 aromatic rings. The number of ether oxygens (including phenoxy) is 5. The maximum absolute atomic E-state index is 5.78. The van der Waals surface area contributed by atoms with E-state index in [1.807, 2.05) is 12.1 Å². The van der Waals surface area contributed by atoms with Crippen LogP contribution in [0.4, 0.5) is 5.69 Å². The Labute approximate surface area is 146 Å². The van der Waals surface area contributed by atoms with Crippen molar-refractivity contribution in [1.29, 1.82) is 0 Å². The fourth-order valence-electron chi connectivity index (χ4n) is 3.01. The van der Waals surface area contributed by atoms with Crippen LogP contribution in [-0.4, -0.2) is 64.0 Å². The van der Waals surface area contributed by atoms with E-state index in [0.29, 0.717) is 29.8 Å². The summed E-state index contributed by atoms with van der Waals surface area (Å²) in [5, 5.41) is 6.88. The van der Waals surface area contributed by atoms with Gasteiger partial charge >= 0.3 is 0 Å². The summed E-state index contributed by atoms with van der Waals surface area (Å²) in [7, 11) is 4.88. The maximum atomic E-state index is 5.78. The minimum atomic E-state index is -0.0606. The number of thiocarbonyl (C=S) groups is 1. The van der Waals surface area contributed by atoms with Gasteiger partial charge in [0.25, 0.3) is 0 Å². The Bertz CT molecular complexity index is 578. The van der Waals surface area contributed by atoms with Gasteiger partial charge in [-0.15, -0.1) is 0 Å². The third-order valence-electron chi connectivity index (χ3n) is 4.24. The predicted molar refractivity (Wildman–Crippen MR) is 93.0 cm³/mol. The van der Waals surface area contributed by atoms with Crippen molar-refractivity contribution in [2.24, 2.45) is 0 Å². The van der Waals surface area contributed by atoms with Gasteiger partial charge in [-0.3, -0.25) is 0 Å². The number of nitrogens with one attached hydrogen (secondary N) is 2. The third kappa shape index (κ3) is 3.56. The Hall–Kier alpha value is -1.61. The van der Waals surface area contributed by atoms with Crippen LogP contribution in [0.15, 0.2) is 18.2 Å². The molecule has 2 N–H and O–H groups in total. The van der Waals surface area contributed by atoms with Crippen LogP contribution >= 0.6 is 12.2 Å². The van der Waals surface area contributed by atoms with Crippen molar-refractivity contribution in [3.8, 4) is 11.5 Å². The van der Waals surface area contributed by atoms with Crippen molar-refractivity contribution in [2.75, 3.05) is 39.9 Å². The lowest BCUT2D eigenvalue weighted by Crippen LogP contribution is -2.45. The highest BCUT2D eigenvalue weighted by molar-refractivity contribution is 7.80. The molecule has 24 heavy (non-hydrogen) atoms.